The number of hydrogen-bond donors (Lipinski definition) is 0. The van der Waals surface area contributed by atoms with Crippen molar-refractivity contribution >= 4 is 45.5 Å². The molecule has 5 heteroatoms. The Kier molecular flexibility index (Phi) is 14.5. The summed E-state index contributed by atoms with van der Waals surface area (Å²) in [5.41, 5.74) is 0. The first-order valence-electron chi connectivity index (χ1n) is 6.56. The molecule has 0 aliphatic heterocycles. The second-order valence-corrected chi connectivity index (χ2v) is 12.3. The van der Waals surface area contributed by atoms with Gasteiger partial charge in [0.2, 0.25) is 0 Å². The Balaban J connectivity index is 0.000000322. The van der Waals surface area contributed by atoms with E-state index in [4.69, 9.17) is 19.1 Å². The van der Waals surface area contributed by atoms with Crippen LogP contribution in [-0.2, 0) is 15.9 Å². The van der Waals surface area contributed by atoms with Gasteiger partial charge in [0, 0.05) is 15.8 Å². The van der Waals surface area contributed by atoms with Crippen molar-refractivity contribution in [2.75, 3.05) is 26.7 Å². The molecule has 0 spiro atoms. The quantitative estimate of drug-likeness (QED) is 0.444. The van der Waals surface area contributed by atoms with Gasteiger partial charge in [0.1, 0.15) is 0 Å². The topological polar surface area (TPSA) is 0 Å². The Morgan fingerprint density at radius 3 is 1.00 bits per heavy atom. The van der Waals surface area contributed by atoms with E-state index < -0.39 is 0 Å². The van der Waals surface area contributed by atoms with Crippen LogP contribution in [0.2, 0.25) is 0 Å². The molecule has 0 aromatic heterocycles. The van der Waals surface area contributed by atoms with E-state index in [0.717, 1.165) is 0 Å². The summed E-state index contributed by atoms with van der Waals surface area (Å²) in [5.74, 6) is 0. The Bertz CT molecular complexity index is 407. The van der Waals surface area contributed by atoms with Gasteiger partial charge in [-0.3, -0.25) is 0 Å². The van der Waals surface area contributed by atoms with Gasteiger partial charge in [-0.25, -0.2) is 0 Å². The van der Waals surface area contributed by atoms with Crippen LogP contribution in [0.15, 0.2) is 60.7 Å². The van der Waals surface area contributed by atoms with Gasteiger partial charge in [-0.05, 0) is 24.3 Å². The van der Waals surface area contributed by atoms with Crippen molar-refractivity contribution in [3.8, 4) is 0 Å². The van der Waals surface area contributed by atoms with E-state index in [1.165, 1.54) is 10.6 Å². The predicted octanol–water partition coefficient (Wildman–Crippen LogP) is 4.95. The first-order valence-corrected chi connectivity index (χ1v) is 15.6. The minimum atomic E-state index is -0.212. The van der Waals surface area contributed by atoms with Gasteiger partial charge in [-0.15, -0.1) is 0 Å². The van der Waals surface area contributed by atoms with Crippen LogP contribution >= 0.6 is 34.9 Å². The first kappa shape index (κ1) is 21.5. The molecule has 0 unspecified atom stereocenters. The van der Waals surface area contributed by atoms with Crippen LogP contribution in [0.1, 0.15) is 0 Å². The van der Waals surface area contributed by atoms with Gasteiger partial charge < -0.3 is 0 Å². The van der Waals surface area contributed by atoms with Crippen LogP contribution in [0.25, 0.3) is 0 Å². The Morgan fingerprint density at radius 1 is 0.619 bits per heavy atom. The third-order valence-corrected chi connectivity index (χ3v) is 5.68. The summed E-state index contributed by atoms with van der Waals surface area (Å²) in [7, 11) is 9.20. The van der Waals surface area contributed by atoms with E-state index in [1.54, 1.807) is 0 Å². The Hall–Kier alpha value is 0.542. The van der Waals surface area contributed by atoms with Crippen LogP contribution < -0.4 is 10.6 Å². The van der Waals surface area contributed by atoms with Crippen molar-refractivity contribution in [2.24, 2.45) is 0 Å². The van der Waals surface area contributed by atoms with Gasteiger partial charge >= 0.3 is 35.0 Å². The fourth-order valence-corrected chi connectivity index (χ4v) is 3.26. The molecule has 2 aromatic rings. The second-order valence-electron chi connectivity index (χ2n) is 4.78. The molecule has 0 aliphatic rings. The average molecular weight is 456 g/mol. The molecule has 0 radical (unpaired) electrons. The molecule has 0 heterocycles. The van der Waals surface area contributed by atoms with E-state index in [-0.39, 0.29) is 31.8 Å². The molecule has 0 amide bonds. The molecule has 2 rings (SSSR count). The zero-order chi connectivity index (χ0) is 16.1. The number of halogens is 2. The van der Waals surface area contributed by atoms with E-state index in [2.05, 4.69) is 87.3 Å². The third-order valence-electron chi connectivity index (χ3n) is 2.70. The molecule has 0 N–H and O–H groups in total. The normalized spacial score (nSPS) is 9.71. The van der Waals surface area contributed by atoms with Gasteiger partial charge in [0.15, 0.2) is 0 Å². The molecular formula is C16H24Cl2P2Pd+2. The van der Waals surface area contributed by atoms with Crippen molar-refractivity contribution in [2.45, 2.75) is 0 Å². The van der Waals surface area contributed by atoms with Gasteiger partial charge in [-0.2, -0.15) is 0 Å². The summed E-state index contributed by atoms with van der Waals surface area (Å²) in [6, 6.07) is 21.4. The maximum absolute atomic E-state index is 4.81. The van der Waals surface area contributed by atoms with E-state index in [9.17, 15) is 0 Å². The molecule has 0 saturated heterocycles. The van der Waals surface area contributed by atoms with E-state index >= 15 is 0 Å². The fourth-order valence-electron chi connectivity index (χ4n) is 1.54. The van der Waals surface area contributed by atoms with Crippen LogP contribution in [0, 0.1) is 0 Å². The summed E-state index contributed by atoms with van der Waals surface area (Å²) in [6.07, 6.45) is 0. The molecular weight excluding hydrogens is 431 g/mol. The molecule has 21 heavy (non-hydrogen) atoms. The van der Waals surface area contributed by atoms with E-state index in [1.807, 2.05) is 0 Å². The van der Waals surface area contributed by atoms with Gasteiger partial charge in [0.05, 0.1) is 37.3 Å². The maximum atomic E-state index is 4.81. The molecule has 0 atom stereocenters. The van der Waals surface area contributed by atoms with Crippen LogP contribution in [0.4, 0.5) is 0 Å². The number of rotatable bonds is 2. The zero-order valence-corrected chi connectivity index (χ0v) is 17.9. The second kappa shape index (κ2) is 14.2. The van der Waals surface area contributed by atoms with Crippen molar-refractivity contribution in [3.63, 3.8) is 0 Å². The molecule has 0 bridgehead atoms. The van der Waals surface area contributed by atoms with E-state index in [0.29, 0.717) is 0 Å². The fraction of sp³-hybridized carbons (Fsp3) is 0.250. The molecule has 0 nitrogen and oxygen atoms in total. The molecule has 0 aliphatic carbocycles. The minimum absolute atomic E-state index is 0.106. The van der Waals surface area contributed by atoms with Crippen molar-refractivity contribution in [1.82, 2.24) is 0 Å². The Labute approximate surface area is 148 Å². The zero-order valence-electron chi connectivity index (χ0n) is 12.8. The first-order chi connectivity index (χ1) is 10.0. The Morgan fingerprint density at radius 2 is 0.857 bits per heavy atom. The summed E-state index contributed by atoms with van der Waals surface area (Å²) in [6.45, 7) is 9.22. The predicted molar refractivity (Wildman–Crippen MR) is 104 cm³/mol. The van der Waals surface area contributed by atoms with Gasteiger partial charge in [-0.1, -0.05) is 36.4 Å². The van der Waals surface area contributed by atoms with Crippen LogP contribution in [-0.4, -0.2) is 26.7 Å². The summed E-state index contributed by atoms with van der Waals surface area (Å²) in [4.78, 5) is 0. The molecule has 0 saturated carbocycles. The van der Waals surface area contributed by atoms with Crippen molar-refractivity contribution in [3.05, 3.63) is 60.7 Å². The molecule has 120 valence electrons. The summed E-state index contributed by atoms with van der Waals surface area (Å²) < 4.78 is 0. The van der Waals surface area contributed by atoms with Gasteiger partial charge in [0.25, 0.3) is 0 Å². The van der Waals surface area contributed by atoms with Crippen LogP contribution in [0.5, 0.6) is 0 Å². The summed E-state index contributed by atoms with van der Waals surface area (Å²) in [5, 5.41) is 3.03. The monoisotopic (exact) mass is 454 g/mol. The SMILES string of the molecule is C[PH+](C)c1ccccc1.C[PH+](C)c1ccccc1.[Cl][Pd][Cl]. The summed E-state index contributed by atoms with van der Waals surface area (Å²) >= 11 is -0.106. The number of hydrogen-bond acceptors (Lipinski definition) is 0. The van der Waals surface area contributed by atoms with Crippen LogP contribution in [0.3, 0.4) is 0 Å². The standard InChI is InChI=1S/2C8H11P.2ClH.Pd/c2*1-9(2)8-6-4-3-5-7-8;;;/h2*3-7H,1-2H3;2*1H;/q;;;;+2. The van der Waals surface area contributed by atoms with Crippen molar-refractivity contribution < 1.29 is 15.9 Å². The third kappa shape index (κ3) is 11.7. The number of benzene rings is 2. The average Bonchev–Trinajstić information content (AvgIpc) is 2.50. The van der Waals surface area contributed by atoms with Crippen molar-refractivity contribution in [1.29, 1.82) is 0 Å². The molecule has 0 fully saturated rings. The molecule has 2 aromatic carbocycles.